The minimum atomic E-state index is -1.55. The molecule has 2 aromatic carbocycles. The highest BCUT2D eigenvalue weighted by Gasteiger charge is 2.29. The average molecular weight is 608 g/mol. The summed E-state index contributed by atoms with van der Waals surface area (Å²) in [6, 6.07) is 0. The lowest BCUT2D eigenvalue weighted by molar-refractivity contribution is 0.0652. The van der Waals surface area contributed by atoms with E-state index in [1.165, 1.54) is 0 Å². The molecule has 8 nitrogen and oxygen atoms in total. The Morgan fingerprint density at radius 3 is 0.656 bits per heavy atom. The van der Waals surface area contributed by atoms with Gasteiger partial charge in [0.25, 0.3) is 0 Å². The molecule has 0 unspecified atom stereocenters. The maximum absolute atomic E-state index is 10.9. The minimum absolute atomic E-state index is 0.296. The molecular weight excluding hydrogens is 604 g/mol. The maximum atomic E-state index is 10.9. The summed E-state index contributed by atoms with van der Waals surface area (Å²) in [5, 5.41) is 31.9. The summed E-state index contributed by atoms with van der Waals surface area (Å²) < 4.78 is 0. The van der Waals surface area contributed by atoms with Crippen LogP contribution >= 0.6 is 92.8 Å². The molecule has 172 valence electrons. The predicted molar refractivity (Wildman–Crippen MR) is 121 cm³/mol. The molecule has 0 atom stereocenters. The lowest BCUT2D eigenvalue weighted by Crippen LogP contribution is -2.10. The average Bonchev–Trinajstić information content (AvgIpc) is 2.67. The molecule has 0 heterocycles. The smallest absolute Gasteiger partial charge is 0.338 e. The van der Waals surface area contributed by atoms with Gasteiger partial charge in [-0.1, -0.05) is 92.8 Å². The van der Waals surface area contributed by atoms with Crippen LogP contribution in [0.3, 0.4) is 0 Å². The number of hydrogen-bond acceptors (Lipinski definition) is 4. The van der Waals surface area contributed by atoms with Gasteiger partial charge in [0.2, 0.25) is 0 Å². The zero-order valence-corrected chi connectivity index (χ0v) is 20.5. The molecule has 0 bridgehead atoms. The summed E-state index contributed by atoms with van der Waals surface area (Å²) in [5.74, 6) is -6.00. The van der Waals surface area contributed by atoms with Gasteiger partial charge < -0.3 is 20.4 Å². The van der Waals surface area contributed by atoms with Gasteiger partial charge in [-0.15, -0.1) is 0 Å². The Labute approximate surface area is 217 Å². The van der Waals surface area contributed by atoms with Crippen LogP contribution in [0.25, 0.3) is 0 Å². The van der Waals surface area contributed by atoms with Crippen LogP contribution in [-0.2, 0) is 0 Å². The Kier molecular flexibility index (Phi) is 10.0. The molecule has 0 spiro atoms. The summed E-state index contributed by atoms with van der Waals surface area (Å²) >= 11 is 44.8. The van der Waals surface area contributed by atoms with Crippen molar-refractivity contribution in [1.29, 1.82) is 0 Å². The molecule has 2 rings (SSSR count). The minimum Gasteiger partial charge on any atom is -0.478 e. The fraction of sp³-hybridized carbons (Fsp3) is 0. The van der Waals surface area contributed by atoms with Crippen LogP contribution in [0.5, 0.6) is 0 Å². The summed E-state index contributed by atoms with van der Waals surface area (Å²) in [6.07, 6.45) is 0. The van der Waals surface area contributed by atoms with Crippen LogP contribution in [0.1, 0.15) is 41.4 Å². The van der Waals surface area contributed by atoms with Gasteiger partial charge in [-0.05, 0) is 0 Å². The summed E-state index contributed by atoms with van der Waals surface area (Å²) in [4.78, 5) is 43.3. The molecule has 0 saturated carbocycles. The standard InChI is InChI=1S/2C8H2Cl4O4/c9-3-1(7(13)14)4(10)6(12)2(5(3)11)8(15)16;9-3-1(7(13)14)2(8(15)16)4(10)6(12)5(3)11/h2*(H,13,14)(H,15,16). The third-order valence-electron chi connectivity index (χ3n) is 3.39. The van der Waals surface area contributed by atoms with Crippen LogP contribution < -0.4 is 0 Å². The molecule has 0 aliphatic heterocycles. The number of carboxylic acid groups (broad SMARTS) is 4. The Morgan fingerprint density at radius 2 is 0.500 bits per heavy atom. The molecule has 2 aromatic rings. The number of hydrogen-bond donors (Lipinski definition) is 4. The fourth-order valence-corrected chi connectivity index (χ4v) is 4.23. The number of aromatic carboxylic acids is 4. The van der Waals surface area contributed by atoms with Gasteiger partial charge in [0, 0.05) is 0 Å². The predicted octanol–water partition coefficient (Wildman–Crippen LogP) is 7.39. The molecule has 0 radical (unpaired) electrons. The van der Waals surface area contributed by atoms with Crippen molar-refractivity contribution < 1.29 is 39.6 Å². The van der Waals surface area contributed by atoms with Crippen LogP contribution in [0, 0.1) is 0 Å². The fourth-order valence-electron chi connectivity index (χ4n) is 2.04. The Hall–Kier alpha value is -1.36. The largest absolute Gasteiger partial charge is 0.478 e. The first-order chi connectivity index (χ1) is 14.6. The van der Waals surface area contributed by atoms with Gasteiger partial charge in [0.1, 0.15) is 0 Å². The molecule has 4 N–H and O–H groups in total. The van der Waals surface area contributed by atoms with Crippen molar-refractivity contribution in [2.45, 2.75) is 0 Å². The van der Waals surface area contributed by atoms with E-state index in [0.29, 0.717) is 0 Å². The van der Waals surface area contributed by atoms with Crippen LogP contribution in [0.2, 0.25) is 40.2 Å². The van der Waals surface area contributed by atoms with Gasteiger partial charge in [0.05, 0.1) is 62.4 Å². The number of carbonyl (C=O) groups is 4. The second-order valence-electron chi connectivity index (χ2n) is 5.23. The van der Waals surface area contributed by atoms with Gasteiger partial charge in [-0.2, -0.15) is 0 Å². The molecule has 0 aromatic heterocycles. The zero-order valence-electron chi connectivity index (χ0n) is 14.4. The molecule has 0 aliphatic rings. The van der Waals surface area contributed by atoms with Crippen molar-refractivity contribution in [2.24, 2.45) is 0 Å². The van der Waals surface area contributed by atoms with Crippen molar-refractivity contribution in [3.05, 3.63) is 62.4 Å². The van der Waals surface area contributed by atoms with E-state index in [0.717, 1.165) is 0 Å². The Balaban J connectivity index is 0.000000320. The lowest BCUT2D eigenvalue weighted by Gasteiger charge is -2.10. The van der Waals surface area contributed by atoms with E-state index in [1.54, 1.807) is 0 Å². The quantitative estimate of drug-likeness (QED) is 0.208. The van der Waals surface area contributed by atoms with Crippen LogP contribution in [0.4, 0.5) is 0 Å². The number of carboxylic acids is 4. The normalized spacial score (nSPS) is 10.2. The first-order valence-electron chi connectivity index (χ1n) is 7.22. The van der Waals surface area contributed by atoms with Gasteiger partial charge in [-0.3, -0.25) is 0 Å². The number of rotatable bonds is 4. The molecule has 0 fully saturated rings. The highest BCUT2D eigenvalue weighted by atomic mass is 35.5. The van der Waals surface area contributed by atoms with E-state index >= 15 is 0 Å². The van der Waals surface area contributed by atoms with Gasteiger partial charge in [0.15, 0.2) is 0 Å². The van der Waals surface area contributed by atoms with E-state index in [9.17, 15) is 19.2 Å². The third-order valence-corrected chi connectivity index (χ3v) is 6.89. The molecule has 0 amide bonds. The second kappa shape index (κ2) is 11.2. The first kappa shape index (κ1) is 28.7. The maximum Gasteiger partial charge on any atom is 0.338 e. The van der Waals surface area contributed by atoms with E-state index in [-0.39, 0.29) is 10.0 Å². The third kappa shape index (κ3) is 5.58. The van der Waals surface area contributed by atoms with Gasteiger partial charge in [-0.25, -0.2) is 19.2 Å². The summed E-state index contributed by atoms with van der Waals surface area (Å²) in [6.45, 7) is 0. The van der Waals surface area contributed by atoms with Crippen molar-refractivity contribution in [1.82, 2.24) is 0 Å². The zero-order chi connectivity index (χ0) is 25.2. The van der Waals surface area contributed by atoms with E-state index < -0.39 is 76.3 Å². The summed E-state index contributed by atoms with van der Waals surface area (Å²) in [7, 11) is 0. The molecule has 0 saturated heterocycles. The molecule has 16 heteroatoms. The van der Waals surface area contributed by atoms with Crippen molar-refractivity contribution in [3.63, 3.8) is 0 Å². The molecule has 32 heavy (non-hydrogen) atoms. The highest BCUT2D eigenvalue weighted by molar-refractivity contribution is 6.54. The van der Waals surface area contributed by atoms with E-state index in [2.05, 4.69) is 0 Å². The SMILES string of the molecule is O=C(O)c1c(Cl)c(Cl)c(C(=O)O)c(Cl)c1Cl.O=C(O)c1c(Cl)c(Cl)c(Cl)c(Cl)c1C(=O)O. The second-order valence-corrected chi connectivity index (χ2v) is 8.26. The number of benzene rings is 2. The van der Waals surface area contributed by atoms with Gasteiger partial charge >= 0.3 is 23.9 Å². The van der Waals surface area contributed by atoms with Crippen molar-refractivity contribution in [2.75, 3.05) is 0 Å². The van der Waals surface area contributed by atoms with Crippen molar-refractivity contribution in [3.8, 4) is 0 Å². The topological polar surface area (TPSA) is 149 Å². The van der Waals surface area contributed by atoms with E-state index in [4.69, 9.17) is 113 Å². The number of halogens is 8. The van der Waals surface area contributed by atoms with Crippen molar-refractivity contribution >= 4 is 117 Å². The Bertz CT molecular complexity index is 1060. The monoisotopic (exact) mass is 604 g/mol. The first-order valence-corrected chi connectivity index (χ1v) is 10.2. The van der Waals surface area contributed by atoms with Crippen LogP contribution in [0.15, 0.2) is 0 Å². The highest BCUT2D eigenvalue weighted by Crippen LogP contribution is 2.42. The van der Waals surface area contributed by atoms with Crippen LogP contribution in [-0.4, -0.2) is 44.3 Å². The lowest BCUT2D eigenvalue weighted by atomic mass is 10.1. The molecular formula is C16H4Cl8O8. The summed E-state index contributed by atoms with van der Waals surface area (Å²) in [5.41, 5.74) is -2.42. The molecule has 0 aliphatic carbocycles. The Morgan fingerprint density at radius 1 is 0.344 bits per heavy atom. The van der Waals surface area contributed by atoms with E-state index in [1.807, 2.05) is 0 Å².